The van der Waals surface area contributed by atoms with Crippen LogP contribution in [0, 0.1) is 5.92 Å². The third-order valence-electron chi connectivity index (χ3n) is 7.70. The molecule has 0 spiro atoms. The summed E-state index contributed by atoms with van der Waals surface area (Å²) < 4.78 is 28.0. The van der Waals surface area contributed by atoms with Gasteiger partial charge in [-0.15, -0.1) is 0 Å². The van der Waals surface area contributed by atoms with E-state index in [0.717, 1.165) is 24.9 Å². The second-order valence-corrected chi connectivity index (χ2v) is 13.7. The van der Waals surface area contributed by atoms with Gasteiger partial charge < -0.3 is 4.90 Å². The second-order valence-electron chi connectivity index (χ2n) is 10.3. The van der Waals surface area contributed by atoms with Crippen LogP contribution in [0.25, 0.3) is 0 Å². The minimum absolute atomic E-state index is 0.0428. The second kappa shape index (κ2) is 11.6. The van der Waals surface area contributed by atoms with Gasteiger partial charge in [0, 0.05) is 31.0 Å². The zero-order chi connectivity index (χ0) is 27.7. The maximum atomic E-state index is 14.0. The average Bonchev–Trinajstić information content (AvgIpc) is 3.31. The predicted octanol–water partition coefficient (Wildman–Crippen LogP) is 7.16. The molecule has 204 valence electrons. The molecule has 1 aliphatic carbocycles. The van der Waals surface area contributed by atoms with Crippen LogP contribution >= 0.6 is 34.8 Å². The zero-order valence-corrected chi connectivity index (χ0v) is 24.3. The maximum absolute atomic E-state index is 14.0. The van der Waals surface area contributed by atoms with Gasteiger partial charge in [0.15, 0.2) is 15.6 Å². The van der Waals surface area contributed by atoms with Crippen molar-refractivity contribution in [2.24, 2.45) is 5.92 Å². The van der Waals surface area contributed by atoms with Crippen LogP contribution in [0.4, 0.5) is 0 Å². The van der Waals surface area contributed by atoms with Crippen LogP contribution in [0.5, 0.6) is 0 Å². The van der Waals surface area contributed by atoms with Crippen LogP contribution < -0.4 is 0 Å². The molecule has 2 atom stereocenters. The van der Waals surface area contributed by atoms with Gasteiger partial charge in [0.1, 0.15) is 0 Å². The molecular weight excluding hydrogens is 577 g/mol. The third-order valence-corrected chi connectivity index (χ3v) is 10.7. The molecule has 1 unspecified atom stereocenters. The van der Waals surface area contributed by atoms with Crippen molar-refractivity contribution in [3.05, 3.63) is 98.0 Å². The van der Waals surface area contributed by atoms with Gasteiger partial charge in [-0.25, -0.2) is 8.42 Å². The Kier molecular flexibility index (Phi) is 8.39. The number of ketones is 1. The number of carbonyl (C=O) groups excluding carboxylic acids is 2. The Morgan fingerprint density at radius 1 is 0.974 bits per heavy atom. The zero-order valence-electron chi connectivity index (χ0n) is 21.2. The van der Waals surface area contributed by atoms with Crippen LogP contribution in [-0.4, -0.2) is 38.1 Å². The van der Waals surface area contributed by atoms with Gasteiger partial charge in [-0.2, -0.15) is 0 Å². The van der Waals surface area contributed by atoms with Gasteiger partial charge in [0.2, 0.25) is 5.91 Å². The Morgan fingerprint density at radius 2 is 1.72 bits per heavy atom. The quantitative estimate of drug-likeness (QED) is 0.256. The highest BCUT2D eigenvalue weighted by atomic mass is 35.5. The highest BCUT2D eigenvalue weighted by Gasteiger charge is 2.37. The van der Waals surface area contributed by atoms with Gasteiger partial charge in [-0.3, -0.25) is 9.59 Å². The Labute approximate surface area is 244 Å². The first-order chi connectivity index (χ1) is 18.6. The molecule has 5 rings (SSSR count). The monoisotopic (exact) mass is 603 g/mol. The number of likely N-dealkylation sites (tertiary alicyclic amines) is 1. The largest absolute Gasteiger partial charge is 0.343 e. The van der Waals surface area contributed by atoms with Gasteiger partial charge in [0.25, 0.3) is 0 Å². The third kappa shape index (κ3) is 6.04. The number of hydrogen-bond acceptors (Lipinski definition) is 4. The van der Waals surface area contributed by atoms with Gasteiger partial charge in [-0.1, -0.05) is 65.1 Å². The fourth-order valence-electron chi connectivity index (χ4n) is 5.70. The minimum Gasteiger partial charge on any atom is -0.343 e. The fourth-order valence-corrected chi connectivity index (χ4v) is 8.53. The van der Waals surface area contributed by atoms with E-state index in [-0.39, 0.29) is 44.5 Å². The molecule has 2 aliphatic rings. The van der Waals surface area contributed by atoms with Crippen molar-refractivity contribution in [3.63, 3.8) is 0 Å². The lowest BCUT2D eigenvalue weighted by Gasteiger charge is -2.33. The lowest BCUT2D eigenvalue weighted by Crippen LogP contribution is -2.30. The van der Waals surface area contributed by atoms with Crippen molar-refractivity contribution in [2.75, 3.05) is 13.1 Å². The van der Waals surface area contributed by atoms with Crippen LogP contribution in [0.2, 0.25) is 15.1 Å². The molecular formula is C30H28Cl3NO4S. The molecule has 1 amide bonds. The number of sulfone groups is 1. The molecule has 1 fully saturated rings. The number of hydrogen-bond donors (Lipinski definition) is 0. The average molecular weight is 605 g/mol. The fraction of sp³-hybridized carbons (Fsp3) is 0.333. The SMILES string of the molecule is O=C(Cc1ccc2c(c1)C(S(=O)(=O)c1cccc(Cl)c1)C[C@H](CCN1CCCC1=O)C2)c1c(Cl)cccc1Cl. The van der Waals surface area contributed by atoms with E-state index in [4.69, 9.17) is 34.8 Å². The number of fused-ring (bicyclic) bond motifs is 1. The molecule has 1 heterocycles. The standard InChI is InChI=1S/C30H28Cl3NO4S/c31-22-4-1-5-23(18-22)39(37,38)28-17-20(11-13-34-12-3-8-29(34)36)14-21-10-9-19(15-24(21)28)16-27(35)30-25(32)6-2-7-26(30)33/h1-2,4-7,9-10,15,18,20,28H,3,8,11-14,16-17H2/t20-,28?/m1/s1. The maximum Gasteiger partial charge on any atom is 0.222 e. The summed E-state index contributed by atoms with van der Waals surface area (Å²) >= 11 is 18.7. The normalized spacial score (nSPS) is 19.3. The van der Waals surface area contributed by atoms with Crippen LogP contribution in [0.15, 0.2) is 65.6 Å². The smallest absolute Gasteiger partial charge is 0.222 e. The molecule has 39 heavy (non-hydrogen) atoms. The van der Waals surface area contributed by atoms with E-state index < -0.39 is 15.1 Å². The number of nitrogens with zero attached hydrogens (tertiary/aromatic N) is 1. The number of amides is 1. The summed E-state index contributed by atoms with van der Waals surface area (Å²) in [6.45, 7) is 1.40. The molecule has 5 nitrogen and oxygen atoms in total. The van der Waals surface area contributed by atoms with E-state index in [2.05, 4.69) is 0 Å². The Balaban J connectivity index is 1.47. The first-order valence-corrected chi connectivity index (χ1v) is 15.7. The van der Waals surface area contributed by atoms with Crippen LogP contribution in [-0.2, 0) is 27.5 Å². The Bertz CT molecular complexity index is 1520. The molecule has 0 aromatic heterocycles. The Hall–Kier alpha value is -2.38. The van der Waals surface area contributed by atoms with Crippen molar-refractivity contribution in [1.29, 1.82) is 0 Å². The summed E-state index contributed by atoms with van der Waals surface area (Å²) in [6.07, 6.45) is 3.37. The topological polar surface area (TPSA) is 71.5 Å². The molecule has 9 heteroatoms. The van der Waals surface area contributed by atoms with Gasteiger partial charge >= 0.3 is 0 Å². The van der Waals surface area contributed by atoms with Gasteiger partial charge in [0.05, 0.1) is 25.8 Å². The highest BCUT2D eigenvalue weighted by Crippen LogP contribution is 2.43. The van der Waals surface area contributed by atoms with E-state index in [1.165, 1.54) is 6.07 Å². The summed E-state index contributed by atoms with van der Waals surface area (Å²) in [5.41, 5.74) is 2.61. The number of halogens is 3. The Morgan fingerprint density at radius 3 is 2.41 bits per heavy atom. The van der Waals surface area contributed by atoms with Crippen molar-refractivity contribution in [1.82, 2.24) is 4.90 Å². The van der Waals surface area contributed by atoms with E-state index in [1.807, 2.05) is 23.1 Å². The molecule has 0 N–H and O–H groups in total. The molecule has 0 saturated carbocycles. The van der Waals surface area contributed by atoms with E-state index in [0.29, 0.717) is 42.0 Å². The predicted molar refractivity (Wildman–Crippen MR) is 155 cm³/mol. The number of rotatable bonds is 8. The summed E-state index contributed by atoms with van der Waals surface area (Å²) in [5.74, 6) is 0.0327. The lowest BCUT2D eigenvalue weighted by molar-refractivity contribution is -0.127. The van der Waals surface area contributed by atoms with E-state index in [1.54, 1.807) is 36.4 Å². The van der Waals surface area contributed by atoms with Crippen LogP contribution in [0.3, 0.4) is 0 Å². The molecule has 1 aliphatic heterocycles. The summed E-state index contributed by atoms with van der Waals surface area (Å²) in [4.78, 5) is 27.3. The molecule has 1 saturated heterocycles. The molecule has 0 radical (unpaired) electrons. The molecule has 0 bridgehead atoms. The first-order valence-electron chi connectivity index (χ1n) is 13.0. The van der Waals surface area contributed by atoms with Crippen molar-refractivity contribution < 1.29 is 18.0 Å². The van der Waals surface area contributed by atoms with Crippen molar-refractivity contribution in [3.8, 4) is 0 Å². The van der Waals surface area contributed by atoms with E-state index in [9.17, 15) is 18.0 Å². The molecule has 3 aromatic rings. The van der Waals surface area contributed by atoms with Crippen molar-refractivity contribution in [2.45, 2.75) is 48.7 Å². The highest BCUT2D eigenvalue weighted by molar-refractivity contribution is 7.91. The lowest BCUT2D eigenvalue weighted by atomic mass is 9.80. The summed E-state index contributed by atoms with van der Waals surface area (Å²) in [7, 11) is -3.78. The van der Waals surface area contributed by atoms with E-state index >= 15 is 0 Å². The summed E-state index contributed by atoms with van der Waals surface area (Å²) in [6, 6.07) is 16.9. The summed E-state index contributed by atoms with van der Waals surface area (Å²) in [5, 5.41) is 0.127. The number of benzene rings is 3. The van der Waals surface area contributed by atoms with Gasteiger partial charge in [-0.05, 0) is 78.6 Å². The van der Waals surface area contributed by atoms with Crippen molar-refractivity contribution >= 4 is 56.3 Å². The molecule has 3 aromatic carbocycles. The number of carbonyl (C=O) groups is 2. The minimum atomic E-state index is -3.78. The first kappa shape index (κ1) is 28.2. The number of Topliss-reactive ketones (excluding diaryl/α,β-unsaturated/α-hetero) is 1. The van der Waals surface area contributed by atoms with Crippen LogP contribution in [0.1, 0.15) is 58.0 Å².